The summed E-state index contributed by atoms with van der Waals surface area (Å²) in [7, 11) is 1.91. The minimum atomic E-state index is 1.12. The van der Waals surface area contributed by atoms with E-state index in [2.05, 4.69) is 31.7 Å². The molecule has 1 aromatic rings. The molecular weight excluding hydrogens is 239 g/mol. The third-order valence-electron chi connectivity index (χ3n) is 1.30. The summed E-state index contributed by atoms with van der Waals surface area (Å²) in [6, 6.07) is 8.06. The maximum Gasteiger partial charge on any atom is 0.0662 e. The van der Waals surface area contributed by atoms with Crippen LogP contribution in [0.15, 0.2) is 24.3 Å². The maximum absolute atomic E-state index is 3.08. The third-order valence-corrected chi connectivity index (χ3v) is 1.88. The van der Waals surface area contributed by atoms with E-state index in [-0.39, 0.29) is 0 Å². The summed E-state index contributed by atoms with van der Waals surface area (Å²) in [6.07, 6.45) is 0. The van der Waals surface area contributed by atoms with E-state index in [9.17, 15) is 0 Å². The highest BCUT2D eigenvalue weighted by Gasteiger charge is 1.93. The maximum atomic E-state index is 3.08. The van der Waals surface area contributed by atoms with E-state index < -0.39 is 0 Å². The van der Waals surface area contributed by atoms with Crippen LogP contribution in [-0.4, -0.2) is 7.05 Å². The molecule has 0 bridgehead atoms. The third kappa shape index (κ3) is 1.53. The fourth-order valence-electron chi connectivity index (χ4n) is 0.784. The van der Waals surface area contributed by atoms with Gasteiger partial charge in [-0.05, 0) is 12.1 Å². The predicted octanol–water partition coefficient (Wildman–Crippen LogP) is 2.49. The van der Waals surface area contributed by atoms with Crippen LogP contribution < -0.4 is 8.85 Å². The van der Waals surface area contributed by atoms with Crippen LogP contribution in [0.25, 0.3) is 0 Å². The van der Waals surface area contributed by atoms with Crippen LogP contribution in [-0.2, 0) is 0 Å². The molecule has 3 heteroatoms. The summed E-state index contributed by atoms with van der Waals surface area (Å²) in [5.74, 6) is 0. The Balaban J connectivity index is 2.96. The molecular formula is C7H9IN2. The molecule has 54 valence electrons. The molecule has 0 aliphatic heterocycles. The van der Waals surface area contributed by atoms with Crippen LogP contribution in [0.1, 0.15) is 0 Å². The molecule has 0 unspecified atom stereocenters. The van der Waals surface area contributed by atoms with Gasteiger partial charge in [-0.1, -0.05) is 12.1 Å². The van der Waals surface area contributed by atoms with Gasteiger partial charge in [0.2, 0.25) is 0 Å². The van der Waals surface area contributed by atoms with Crippen molar-refractivity contribution in [3.63, 3.8) is 0 Å². The molecule has 1 aromatic carbocycles. The number of anilines is 2. The minimum Gasteiger partial charge on any atom is -0.386 e. The number of rotatable bonds is 2. The van der Waals surface area contributed by atoms with Gasteiger partial charge in [0.1, 0.15) is 0 Å². The average molecular weight is 248 g/mol. The van der Waals surface area contributed by atoms with Crippen molar-refractivity contribution >= 4 is 34.2 Å². The average Bonchev–Trinajstić information content (AvgIpc) is 2.04. The molecule has 2 N–H and O–H groups in total. The molecule has 0 saturated heterocycles. The van der Waals surface area contributed by atoms with Crippen molar-refractivity contribution in [2.45, 2.75) is 0 Å². The zero-order chi connectivity index (χ0) is 7.40. The molecule has 0 atom stereocenters. The monoisotopic (exact) mass is 248 g/mol. The summed E-state index contributed by atoms with van der Waals surface area (Å²) >= 11 is 2.11. The van der Waals surface area contributed by atoms with Crippen LogP contribution in [0, 0.1) is 0 Å². The first-order valence-corrected chi connectivity index (χ1v) is 4.10. The van der Waals surface area contributed by atoms with Crippen molar-refractivity contribution in [1.82, 2.24) is 0 Å². The molecule has 0 spiro atoms. The summed E-state index contributed by atoms with van der Waals surface area (Å²) in [5, 5.41) is 3.08. The van der Waals surface area contributed by atoms with Crippen LogP contribution >= 0.6 is 22.9 Å². The lowest BCUT2D eigenvalue weighted by Crippen LogP contribution is -1.91. The molecule has 0 amide bonds. The Morgan fingerprint density at radius 3 is 2.20 bits per heavy atom. The van der Waals surface area contributed by atoms with Crippen molar-refractivity contribution in [3.05, 3.63) is 24.3 Å². The lowest BCUT2D eigenvalue weighted by molar-refractivity contribution is 1.52. The van der Waals surface area contributed by atoms with Crippen molar-refractivity contribution in [2.24, 2.45) is 0 Å². The topological polar surface area (TPSA) is 24.1 Å². The van der Waals surface area contributed by atoms with E-state index in [4.69, 9.17) is 0 Å². The summed E-state index contributed by atoms with van der Waals surface area (Å²) in [6.45, 7) is 0. The first-order valence-electron chi connectivity index (χ1n) is 3.02. The minimum absolute atomic E-state index is 1.12. The molecule has 0 aliphatic carbocycles. The number of halogens is 1. The van der Waals surface area contributed by atoms with E-state index in [0.717, 1.165) is 11.4 Å². The zero-order valence-corrected chi connectivity index (χ0v) is 7.84. The van der Waals surface area contributed by atoms with Gasteiger partial charge in [-0.3, -0.25) is 0 Å². The van der Waals surface area contributed by atoms with E-state index in [1.165, 1.54) is 0 Å². The van der Waals surface area contributed by atoms with Gasteiger partial charge in [-0.25, -0.2) is 0 Å². The lowest BCUT2D eigenvalue weighted by atomic mass is 10.3. The van der Waals surface area contributed by atoms with Crippen LogP contribution in [0.2, 0.25) is 0 Å². The van der Waals surface area contributed by atoms with E-state index >= 15 is 0 Å². The van der Waals surface area contributed by atoms with Crippen molar-refractivity contribution < 1.29 is 0 Å². The number of para-hydroxylation sites is 2. The Bertz CT molecular complexity index is 190. The van der Waals surface area contributed by atoms with E-state index in [0.29, 0.717) is 0 Å². The largest absolute Gasteiger partial charge is 0.386 e. The predicted molar refractivity (Wildman–Crippen MR) is 53.6 cm³/mol. The second kappa shape index (κ2) is 3.65. The van der Waals surface area contributed by atoms with E-state index in [1.54, 1.807) is 0 Å². The molecule has 0 aliphatic rings. The number of hydrogen-bond acceptors (Lipinski definition) is 2. The van der Waals surface area contributed by atoms with Crippen LogP contribution in [0.3, 0.4) is 0 Å². The standard InChI is InChI=1S/C7H9IN2/c1-9-6-4-2-3-5-7(6)10-8/h2-5,9-10H,1H3. The fourth-order valence-corrected chi connectivity index (χ4v) is 1.25. The smallest absolute Gasteiger partial charge is 0.0662 e. The summed E-state index contributed by atoms with van der Waals surface area (Å²) in [5.41, 5.74) is 2.24. The molecule has 0 saturated carbocycles. The Kier molecular flexibility index (Phi) is 2.80. The molecule has 0 fully saturated rings. The van der Waals surface area contributed by atoms with Crippen molar-refractivity contribution in [1.29, 1.82) is 0 Å². The highest BCUT2D eigenvalue weighted by molar-refractivity contribution is 14.1. The number of nitrogens with one attached hydrogen (secondary N) is 2. The van der Waals surface area contributed by atoms with Crippen LogP contribution in [0.5, 0.6) is 0 Å². The highest BCUT2D eigenvalue weighted by atomic mass is 127. The van der Waals surface area contributed by atoms with E-state index in [1.807, 2.05) is 31.3 Å². The molecule has 10 heavy (non-hydrogen) atoms. The Hall–Kier alpha value is -0.450. The van der Waals surface area contributed by atoms with Gasteiger partial charge in [0.25, 0.3) is 0 Å². The second-order valence-electron chi connectivity index (χ2n) is 1.89. The van der Waals surface area contributed by atoms with Gasteiger partial charge >= 0.3 is 0 Å². The normalized spacial score (nSPS) is 9.00. The van der Waals surface area contributed by atoms with Crippen molar-refractivity contribution in [2.75, 3.05) is 15.9 Å². The van der Waals surface area contributed by atoms with Crippen molar-refractivity contribution in [3.8, 4) is 0 Å². The molecule has 1 rings (SSSR count). The SMILES string of the molecule is CNc1ccccc1NI. The molecule has 2 nitrogen and oxygen atoms in total. The second-order valence-corrected chi connectivity index (χ2v) is 2.43. The Labute approximate surface area is 74.5 Å². The first kappa shape index (κ1) is 7.65. The fraction of sp³-hybridized carbons (Fsp3) is 0.143. The number of hydrogen-bond donors (Lipinski definition) is 2. The molecule has 0 heterocycles. The number of benzene rings is 1. The van der Waals surface area contributed by atoms with Gasteiger partial charge in [0.05, 0.1) is 34.2 Å². The quantitative estimate of drug-likeness (QED) is 0.620. The van der Waals surface area contributed by atoms with Gasteiger partial charge in [0, 0.05) is 7.05 Å². The zero-order valence-electron chi connectivity index (χ0n) is 5.69. The van der Waals surface area contributed by atoms with Gasteiger partial charge in [0.15, 0.2) is 0 Å². The van der Waals surface area contributed by atoms with Gasteiger partial charge < -0.3 is 8.85 Å². The van der Waals surface area contributed by atoms with Gasteiger partial charge in [-0.15, -0.1) is 0 Å². The molecule has 0 radical (unpaired) electrons. The Morgan fingerprint density at radius 1 is 1.20 bits per heavy atom. The first-order chi connectivity index (χ1) is 4.88. The summed E-state index contributed by atoms with van der Waals surface area (Å²) < 4.78 is 3.05. The van der Waals surface area contributed by atoms with Crippen LogP contribution in [0.4, 0.5) is 11.4 Å². The molecule has 0 aromatic heterocycles. The lowest BCUT2D eigenvalue weighted by Gasteiger charge is -2.05. The van der Waals surface area contributed by atoms with Gasteiger partial charge in [-0.2, -0.15) is 0 Å². The highest BCUT2D eigenvalue weighted by Crippen LogP contribution is 2.20. The Morgan fingerprint density at radius 2 is 1.80 bits per heavy atom. The summed E-state index contributed by atoms with van der Waals surface area (Å²) in [4.78, 5) is 0.